The quantitative estimate of drug-likeness (QED) is 0.639. The maximum absolute atomic E-state index is 5.93. The van der Waals surface area contributed by atoms with E-state index < -0.39 is 0 Å². The van der Waals surface area contributed by atoms with Crippen LogP contribution in [0.2, 0.25) is 5.02 Å². The van der Waals surface area contributed by atoms with Crippen molar-refractivity contribution in [1.29, 1.82) is 0 Å². The van der Waals surface area contributed by atoms with Crippen molar-refractivity contribution < 1.29 is 0 Å². The maximum atomic E-state index is 5.93. The van der Waals surface area contributed by atoms with E-state index in [0.29, 0.717) is 6.04 Å². The molecule has 0 saturated carbocycles. The summed E-state index contributed by atoms with van der Waals surface area (Å²) < 4.78 is 0. The van der Waals surface area contributed by atoms with E-state index >= 15 is 0 Å². The second-order valence-corrected chi connectivity index (χ2v) is 5.96. The maximum Gasteiger partial charge on any atom is 0.0406 e. The fourth-order valence-electron chi connectivity index (χ4n) is 2.25. The predicted molar refractivity (Wildman–Crippen MR) is 89.5 cm³/mol. The van der Waals surface area contributed by atoms with Gasteiger partial charge in [0.15, 0.2) is 0 Å². The summed E-state index contributed by atoms with van der Waals surface area (Å²) in [6.07, 6.45) is 5.31. The summed E-state index contributed by atoms with van der Waals surface area (Å²) in [6, 6.07) is 8.58. The molecule has 0 aliphatic rings. The van der Waals surface area contributed by atoms with Crippen molar-refractivity contribution in [2.45, 2.75) is 45.6 Å². The summed E-state index contributed by atoms with van der Waals surface area (Å²) in [6.45, 7) is 7.76. The zero-order valence-corrected chi connectivity index (χ0v) is 13.9. The van der Waals surface area contributed by atoms with Crippen molar-refractivity contribution in [1.82, 2.24) is 10.2 Å². The molecule has 0 aliphatic carbocycles. The van der Waals surface area contributed by atoms with Gasteiger partial charge in [-0.1, -0.05) is 49.9 Å². The first-order valence-electron chi connectivity index (χ1n) is 7.81. The van der Waals surface area contributed by atoms with E-state index in [1.165, 1.54) is 31.2 Å². The summed E-state index contributed by atoms with van der Waals surface area (Å²) in [5.74, 6) is 0. The van der Waals surface area contributed by atoms with Crippen LogP contribution in [0.5, 0.6) is 0 Å². The fourth-order valence-corrected chi connectivity index (χ4v) is 2.37. The van der Waals surface area contributed by atoms with E-state index in [4.69, 9.17) is 11.6 Å². The lowest BCUT2D eigenvalue weighted by molar-refractivity contribution is 0.261. The fraction of sp³-hybridized carbons (Fsp3) is 0.647. The minimum absolute atomic E-state index is 0.425. The summed E-state index contributed by atoms with van der Waals surface area (Å²) in [5, 5.41) is 4.33. The molecular formula is C17H29ClN2. The highest BCUT2D eigenvalue weighted by Crippen LogP contribution is 2.20. The van der Waals surface area contributed by atoms with Gasteiger partial charge in [0.25, 0.3) is 0 Å². The Kier molecular flexibility index (Phi) is 8.92. The molecule has 1 aromatic carbocycles. The molecule has 0 heterocycles. The van der Waals surface area contributed by atoms with Gasteiger partial charge in [-0.15, -0.1) is 0 Å². The third-order valence-electron chi connectivity index (χ3n) is 3.86. The molecule has 114 valence electrons. The lowest BCUT2D eigenvalue weighted by Gasteiger charge is -2.25. The predicted octanol–water partition coefficient (Wildman–Crippen LogP) is 4.50. The third-order valence-corrected chi connectivity index (χ3v) is 4.11. The third kappa shape index (κ3) is 6.74. The minimum atomic E-state index is 0.425. The average Bonchev–Trinajstić information content (AvgIpc) is 2.46. The van der Waals surface area contributed by atoms with Gasteiger partial charge in [0.1, 0.15) is 0 Å². The molecule has 0 aliphatic heterocycles. The van der Waals surface area contributed by atoms with E-state index in [1.54, 1.807) is 0 Å². The topological polar surface area (TPSA) is 15.3 Å². The second kappa shape index (κ2) is 10.2. The van der Waals surface area contributed by atoms with Crippen molar-refractivity contribution in [2.75, 3.05) is 26.7 Å². The Morgan fingerprint density at radius 3 is 2.45 bits per heavy atom. The van der Waals surface area contributed by atoms with Crippen molar-refractivity contribution in [2.24, 2.45) is 0 Å². The molecule has 0 amide bonds. The Balaban J connectivity index is 2.18. The molecule has 20 heavy (non-hydrogen) atoms. The van der Waals surface area contributed by atoms with E-state index in [2.05, 4.69) is 43.2 Å². The van der Waals surface area contributed by atoms with Crippen LogP contribution >= 0.6 is 11.6 Å². The Morgan fingerprint density at radius 2 is 1.80 bits per heavy atom. The number of halogens is 1. The number of likely N-dealkylation sites (N-methyl/N-ethyl adjacent to an activating group) is 1. The van der Waals surface area contributed by atoms with Crippen LogP contribution < -0.4 is 5.32 Å². The summed E-state index contributed by atoms with van der Waals surface area (Å²) in [4.78, 5) is 2.38. The normalized spacial score (nSPS) is 12.8. The van der Waals surface area contributed by atoms with E-state index in [0.717, 1.165) is 24.7 Å². The molecule has 1 rings (SSSR count). The van der Waals surface area contributed by atoms with Crippen LogP contribution in [0.25, 0.3) is 0 Å². The Morgan fingerprint density at radius 1 is 1.10 bits per heavy atom. The number of nitrogens with zero attached hydrogens (tertiary/aromatic N) is 1. The number of hydrogen-bond donors (Lipinski definition) is 1. The van der Waals surface area contributed by atoms with Crippen LogP contribution in [-0.4, -0.2) is 31.6 Å². The highest BCUT2D eigenvalue weighted by molar-refractivity contribution is 6.30. The van der Waals surface area contributed by atoms with Crippen LogP contribution in [0, 0.1) is 0 Å². The lowest BCUT2D eigenvalue weighted by Crippen LogP contribution is -2.31. The molecule has 3 heteroatoms. The minimum Gasteiger partial charge on any atom is -0.315 e. The monoisotopic (exact) mass is 296 g/mol. The van der Waals surface area contributed by atoms with Gasteiger partial charge in [0, 0.05) is 24.2 Å². The molecule has 0 radical (unpaired) electrons. The van der Waals surface area contributed by atoms with Crippen molar-refractivity contribution in [3.05, 3.63) is 34.9 Å². The van der Waals surface area contributed by atoms with Gasteiger partial charge in [0.05, 0.1) is 0 Å². The van der Waals surface area contributed by atoms with Gasteiger partial charge in [-0.2, -0.15) is 0 Å². The van der Waals surface area contributed by atoms with Crippen LogP contribution in [0.1, 0.15) is 51.1 Å². The zero-order valence-electron chi connectivity index (χ0n) is 13.2. The molecule has 1 N–H and O–H groups in total. The smallest absolute Gasteiger partial charge is 0.0406 e. The zero-order chi connectivity index (χ0) is 14.8. The molecule has 0 bridgehead atoms. The highest BCUT2D eigenvalue weighted by Gasteiger charge is 2.10. The Bertz CT molecular complexity index is 351. The number of hydrogen-bond acceptors (Lipinski definition) is 2. The SMILES string of the molecule is CCCCCCNCCN(C)C(C)c1ccc(Cl)cc1. The molecule has 0 fully saturated rings. The first-order valence-corrected chi connectivity index (χ1v) is 8.19. The van der Waals surface area contributed by atoms with Gasteiger partial charge in [-0.25, -0.2) is 0 Å². The van der Waals surface area contributed by atoms with Crippen LogP contribution in [0.3, 0.4) is 0 Å². The van der Waals surface area contributed by atoms with Crippen LogP contribution in [0.4, 0.5) is 0 Å². The molecule has 0 saturated heterocycles. The van der Waals surface area contributed by atoms with Crippen LogP contribution in [-0.2, 0) is 0 Å². The van der Waals surface area contributed by atoms with Gasteiger partial charge >= 0.3 is 0 Å². The molecule has 2 nitrogen and oxygen atoms in total. The standard InChI is InChI=1S/C17H29ClN2/c1-4-5-6-7-12-19-13-14-20(3)15(2)16-8-10-17(18)11-9-16/h8-11,15,19H,4-7,12-14H2,1-3H3. The highest BCUT2D eigenvalue weighted by atomic mass is 35.5. The van der Waals surface area contributed by atoms with Gasteiger partial charge in [0.2, 0.25) is 0 Å². The van der Waals surface area contributed by atoms with Crippen molar-refractivity contribution >= 4 is 11.6 Å². The summed E-state index contributed by atoms with van der Waals surface area (Å²) in [5.41, 5.74) is 1.32. The second-order valence-electron chi connectivity index (χ2n) is 5.52. The average molecular weight is 297 g/mol. The summed E-state index contributed by atoms with van der Waals surface area (Å²) >= 11 is 5.93. The molecule has 1 unspecified atom stereocenters. The van der Waals surface area contributed by atoms with E-state index in [9.17, 15) is 0 Å². The molecule has 0 aromatic heterocycles. The Hall–Kier alpha value is -0.570. The largest absolute Gasteiger partial charge is 0.315 e. The Labute approximate surface area is 129 Å². The number of rotatable bonds is 10. The van der Waals surface area contributed by atoms with E-state index in [1.807, 2.05) is 12.1 Å². The molecule has 1 atom stereocenters. The first kappa shape index (κ1) is 17.5. The molecular weight excluding hydrogens is 268 g/mol. The van der Waals surface area contributed by atoms with Gasteiger partial charge < -0.3 is 5.32 Å². The van der Waals surface area contributed by atoms with Crippen molar-refractivity contribution in [3.8, 4) is 0 Å². The van der Waals surface area contributed by atoms with E-state index in [-0.39, 0.29) is 0 Å². The van der Waals surface area contributed by atoms with Crippen molar-refractivity contribution in [3.63, 3.8) is 0 Å². The van der Waals surface area contributed by atoms with Gasteiger partial charge in [-0.05, 0) is 44.6 Å². The number of nitrogens with one attached hydrogen (secondary N) is 1. The number of benzene rings is 1. The van der Waals surface area contributed by atoms with Gasteiger partial charge in [-0.3, -0.25) is 4.90 Å². The number of unbranched alkanes of at least 4 members (excludes halogenated alkanes) is 3. The van der Waals surface area contributed by atoms with Crippen LogP contribution in [0.15, 0.2) is 24.3 Å². The molecule has 0 spiro atoms. The lowest BCUT2D eigenvalue weighted by atomic mass is 10.1. The summed E-state index contributed by atoms with van der Waals surface area (Å²) in [7, 11) is 2.18. The first-order chi connectivity index (χ1) is 9.65. The molecule has 1 aromatic rings.